The summed E-state index contributed by atoms with van der Waals surface area (Å²) in [6.45, 7) is 4.00. The Kier molecular flexibility index (Phi) is 8.88. The lowest BCUT2D eigenvalue weighted by Crippen LogP contribution is -2.41. The summed E-state index contributed by atoms with van der Waals surface area (Å²) in [5.74, 6) is 1.60. The SMILES string of the molecule is CCNC(=NCc1ccc(OC)c(O)c1)NCCC1CCN(CC(F)(F)F)CC1. The molecule has 0 bridgehead atoms. The first-order valence-electron chi connectivity index (χ1n) is 9.98. The van der Waals surface area contributed by atoms with E-state index in [4.69, 9.17) is 4.74 Å². The number of hydrogen-bond donors (Lipinski definition) is 3. The van der Waals surface area contributed by atoms with E-state index in [0.29, 0.717) is 43.8 Å². The Bertz CT molecular complexity index is 660. The minimum Gasteiger partial charge on any atom is -0.504 e. The van der Waals surface area contributed by atoms with E-state index in [1.807, 2.05) is 13.0 Å². The van der Waals surface area contributed by atoms with Gasteiger partial charge in [-0.2, -0.15) is 13.2 Å². The smallest absolute Gasteiger partial charge is 0.401 e. The molecule has 1 aromatic carbocycles. The number of halogens is 3. The fourth-order valence-corrected chi connectivity index (χ4v) is 3.43. The van der Waals surface area contributed by atoms with Gasteiger partial charge in [0.25, 0.3) is 0 Å². The van der Waals surface area contributed by atoms with Crippen molar-refractivity contribution >= 4 is 5.96 Å². The second-order valence-corrected chi connectivity index (χ2v) is 7.25. The number of piperidine rings is 1. The van der Waals surface area contributed by atoms with Crippen molar-refractivity contribution in [3.63, 3.8) is 0 Å². The third kappa shape index (κ3) is 8.39. The molecule has 0 unspecified atom stereocenters. The molecule has 9 heteroatoms. The van der Waals surface area contributed by atoms with Gasteiger partial charge in [-0.1, -0.05) is 6.07 Å². The molecule has 1 fully saturated rings. The number of likely N-dealkylation sites (tertiary alicyclic amines) is 1. The predicted molar refractivity (Wildman–Crippen MR) is 107 cm³/mol. The van der Waals surface area contributed by atoms with Gasteiger partial charge in [-0.25, -0.2) is 4.99 Å². The molecule has 29 heavy (non-hydrogen) atoms. The molecule has 0 atom stereocenters. The number of nitrogens with one attached hydrogen (secondary N) is 2. The standard InChI is InChI=1S/C20H31F3N4O2/c1-3-24-19(26-13-16-4-5-18(29-2)17(28)12-16)25-9-6-15-7-10-27(11-8-15)14-20(21,22)23/h4-5,12,15,28H,3,6-11,13-14H2,1-2H3,(H2,24,25,26). The largest absolute Gasteiger partial charge is 0.504 e. The highest BCUT2D eigenvalue weighted by atomic mass is 19.4. The first-order chi connectivity index (χ1) is 13.8. The summed E-state index contributed by atoms with van der Waals surface area (Å²) in [5.41, 5.74) is 0.859. The van der Waals surface area contributed by atoms with Crippen LogP contribution in [0.2, 0.25) is 0 Å². The number of guanidine groups is 1. The molecule has 0 aromatic heterocycles. The molecular formula is C20H31F3N4O2. The van der Waals surface area contributed by atoms with Crippen molar-refractivity contribution in [1.82, 2.24) is 15.5 Å². The van der Waals surface area contributed by atoms with Crippen molar-refractivity contribution in [2.75, 3.05) is 39.8 Å². The van der Waals surface area contributed by atoms with Crippen LogP contribution in [0.5, 0.6) is 11.5 Å². The second-order valence-electron chi connectivity index (χ2n) is 7.25. The highest BCUT2D eigenvalue weighted by Gasteiger charge is 2.32. The van der Waals surface area contributed by atoms with Crippen LogP contribution in [0.1, 0.15) is 31.7 Å². The number of ether oxygens (including phenoxy) is 1. The van der Waals surface area contributed by atoms with Crippen molar-refractivity contribution < 1.29 is 23.0 Å². The number of alkyl halides is 3. The maximum Gasteiger partial charge on any atom is 0.401 e. The van der Waals surface area contributed by atoms with Gasteiger partial charge in [-0.15, -0.1) is 0 Å². The van der Waals surface area contributed by atoms with Gasteiger partial charge in [-0.05, 0) is 62.9 Å². The number of aromatic hydroxyl groups is 1. The van der Waals surface area contributed by atoms with E-state index in [0.717, 1.165) is 31.4 Å². The van der Waals surface area contributed by atoms with Crippen LogP contribution < -0.4 is 15.4 Å². The van der Waals surface area contributed by atoms with Crippen molar-refractivity contribution in [1.29, 1.82) is 0 Å². The summed E-state index contributed by atoms with van der Waals surface area (Å²) in [6.07, 6.45) is -1.65. The summed E-state index contributed by atoms with van der Waals surface area (Å²) in [4.78, 5) is 6.01. The molecule has 3 N–H and O–H groups in total. The maximum atomic E-state index is 12.5. The van der Waals surface area contributed by atoms with Crippen molar-refractivity contribution in [3.8, 4) is 11.5 Å². The number of benzene rings is 1. The van der Waals surface area contributed by atoms with Crippen LogP contribution >= 0.6 is 0 Å². The first kappa shape index (κ1) is 23.1. The monoisotopic (exact) mass is 416 g/mol. The van der Waals surface area contributed by atoms with E-state index in [2.05, 4.69) is 15.6 Å². The average molecular weight is 416 g/mol. The minimum absolute atomic E-state index is 0.0787. The summed E-state index contributed by atoms with van der Waals surface area (Å²) in [7, 11) is 1.50. The lowest BCUT2D eigenvalue weighted by Gasteiger charge is -2.32. The van der Waals surface area contributed by atoms with Gasteiger partial charge in [0.15, 0.2) is 17.5 Å². The molecule has 164 valence electrons. The van der Waals surface area contributed by atoms with E-state index in [1.165, 1.54) is 12.0 Å². The molecule has 1 heterocycles. The zero-order chi connectivity index (χ0) is 21.3. The van der Waals surface area contributed by atoms with Gasteiger partial charge in [0.05, 0.1) is 20.2 Å². The molecule has 6 nitrogen and oxygen atoms in total. The topological polar surface area (TPSA) is 69.1 Å². The number of aliphatic imine (C=N–C) groups is 1. The van der Waals surface area contributed by atoms with Crippen LogP contribution in [0.15, 0.2) is 23.2 Å². The third-order valence-corrected chi connectivity index (χ3v) is 4.96. The number of methoxy groups -OCH3 is 1. The maximum absolute atomic E-state index is 12.5. The van der Waals surface area contributed by atoms with Gasteiger partial charge in [-0.3, -0.25) is 4.90 Å². The van der Waals surface area contributed by atoms with Crippen LogP contribution in [0, 0.1) is 5.92 Å². The molecule has 1 aliphatic rings. The summed E-state index contributed by atoms with van der Waals surface area (Å²) in [6, 6.07) is 5.17. The minimum atomic E-state index is -4.12. The van der Waals surface area contributed by atoms with Gasteiger partial charge in [0.1, 0.15) is 0 Å². The number of phenolic OH excluding ortho intramolecular Hbond substituents is 1. The molecule has 0 amide bonds. The molecule has 2 rings (SSSR count). The van der Waals surface area contributed by atoms with E-state index < -0.39 is 12.7 Å². The third-order valence-electron chi connectivity index (χ3n) is 4.96. The Balaban J connectivity index is 1.76. The second kappa shape index (κ2) is 11.1. The average Bonchev–Trinajstić information content (AvgIpc) is 2.66. The number of nitrogens with zero attached hydrogens (tertiary/aromatic N) is 2. The van der Waals surface area contributed by atoms with E-state index >= 15 is 0 Å². The van der Waals surface area contributed by atoms with Gasteiger partial charge in [0, 0.05) is 13.1 Å². The van der Waals surface area contributed by atoms with Crippen LogP contribution in [0.25, 0.3) is 0 Å². The predicted octanol–water partition coefficient (Wildman–Crippen LogP) is 3.12. The normalized spacial score (nSPS) is 16.7. The van der Waals surface area contributed by atoms with Crippen molar-refractivity contribution in [3.05, 3.63) is 23.8 Å². The van der Waals surface area contributed by atoms with Crippen molar-refractivity contribution in [2.24, 2.45) is 10.9 Å². The Morgan fingerprint density at radius 2 is 2.00 bits per heavy atom. The Labute approximate surface area is 170 Å². The Morgan fingerprint density at radius 3 is 2.59 bits per heavy atom. The van der Waals surface area contributed by atoms with Crippen LogP contribution in [0.4, 0.5) is 13.2 Å². The summed E-state index contributed by atoms with van der Waals surface area (Å²) in [5, 5.41) is 16.3. The molecular weight excluding hydrogens is 385 g/mol. The van der Waals surface area contributed by atoms with Gasteiger partial charge < -0.3 is 20.5 Å². The Morgan fingerprint density at radius 1 is 1.28 bits per heavy atom. The van der Waals surface area contributed by atoms with E-state index in [-0.39, 0.29) is 5.75 Å². The molecule has 0 saturated carbocycles. The highest BCUT2D eigenvalue weighted by molar-refractivity contribution is 5.79. The van der Waals surface area contributed by atoms with Crippen LogP contribution in [-0.2, 0) is 6.54 Å². The molecule has 1 saturated heterocycles. The van der Waals surface area contributed by atoms with E-state index in [1.54, 1.807) is 12.1 Å². The number of rotatable bonds is 8. The molecule has 0 radical (unpaired) electrons. The zero-order valence-electron chi connectivity index (χ0n) is 17.1. The summed E-state index contributed by atoms with van der Waals surface area (Å²) >= 11 is 0. The molecule has 1 aliphatic heterocycles. The molecule has 0 aliphatic carbocycles. The van der Waals surface area contributed by atoms with E-state index in [9.17, 15) is 18.3 Å². The fraction of sp³-hybridized carbons (Fsp3) is 0.650. The highest BCUT2D eigenvalue weighted by Crippen LogP contribution is 2.26. The molecule has 0 spiro atoms. The van der Waals surface area contributed by atoms with Gasteiger partial charge >= 0.3 is 6.18 Å². The number of phenols is 1. The number of hydrogen-bond acceptors (Lipinski definition) is 4. The van der Waals surface area contributed by atoms with Gasteiger partial charge in [0.2, 0.25) is 0 Å². The fourth-order valence-electron chi connectivity index (χ4n) is 3.43. The quantitative estimate of drug-likeness (QED) is 0.449. The zero-order valence-corrected chi connectivity index (χ0v) is 17.1. The summed E-state index contributed by atoms with van der Waals surface area (Å²) < 4.78 is 42.4. The first-order valence-corrected chi connectivity index (χ1v) is 9.98. The van der Waals surface area contributed by atoms with Crippen LogP contribution in [0.3, 0.4) is 0 Å². The lowest BCUT2D eigenvalue weighted by molar-refractivity contribution is -0.148. The lowest BCUT2D eigenvalue weighted by atomic mass is 9.93. The molecule has 1 aromatic rings. The Hall–Kier alpha value is -2.16. The van der Waals surface area contributed by atoms with Crippen molar-refractivity contribution in [2.45, 2.75) is 38.9 Å². The van der Waals surface area contributed by atoms with Crippen LogP contribution in [-0.4, -0.2) is 62.0 Å².